The fourth-order valence-corrected chi connectivity index (χ4v) is 7.25. The summed E-state index contributed by atoms with van der Waals surface area (Å²) in [4.78, 5) is 35.2. The van der Waals surface area contributed by atoms with Gasteiger partial charge in [-0.05, 0) is 37.8 Å². The minimum absolute atomic E-state index is 0.193. The third-order valence-corrected chi connectivity index (χ3v) is 10.3. The lowest BCUT2D eigenvalue weighted by atomic mass is 10.1. The molecule has 204 valence electrons. The quantitative estimate of drug-likeness (QED) is 0.471. The first-order chi connectivity index (χ1) is 18.3. The van der Waals surface area contributed by atoms with E-state index in [-0.39, 0.29) is 27.7 Å². The van der Waals surface area contributed by atoms with Gasteiger partial charge in [0, 0.05) is 68.9 Å². The summed E-state index contributed by atoms with van der Waals surface area (Å²) in [6, 6.07) is 6.48. The van der Waals surface area contributed by atoms with Gasteiger partial charge in [0.15, 0.2) is 20.7 Å². The van der Waals surface area contributed by atoms with Gasteiger partial charge in [0.05, 0.1) is 10.1 Å². The van der Waals surface area contributed by atoms with Crippen LogP contribution in [0.3, 0.4) is 0 Å². The van der Waals surface area contributed by atoms with Gasteiger partial charge in [0.2, 0.25) is 5.91 Å². The second-order valence-corrected chi connectivity index (χ2v) is 13.3. The van der Waals surface area contributed by atoms with Gasteiger partial charge in [-0.25, -0.2) is 13.4 Å². The minimum Gasteiger partial charge on any atom is -0.340 e. The first-order valence-corrected chi connectivity index (χ1v) is 15.6. The van der Waals surface area contributed by atoms with E-state index in [1.54, 1.807) is 30.5 Å². The van der Waals surface area contributed by atoms with Crippen LogP contribution in [0.15, 0.2) is 40.5 Å². The standard InChI is InChI=1S/C26H34N6O4S2/c1-2-23(33)31-15-13-30(14-16-31)18-20-17-27-26(37-20)28-25(34)24(29-32-11-3-4-12-32)19-5-7-21(8-6-19)38(35,36)22-9-10-22/h5-8,17,22H,2-4,9-16,18H2,1H3,(H,27,28,34)/b29-24+. The Hall–Kier alpha value is -2.83. The number of rotatable bonds is 9. The highest BCUT2D eigenvalue weighted by molar-refractivity contribution is 7.92. The van der Waals surface area contributed by atoms with Crippen molar-refractivity contribution in [2.24, 2.45) is 5.10 Å². The normalized spacial score (nSPS) is 19.1. The van der Waals surface area contributed by atoms with Crippen LogP contribution >= 0.6 is 11.3 Å². The van der Waals surface area contributed by atoms with Crippen LogP contribution in [-0.2, 0) is 26.0 Å². The summed E-state index contributed by atoms with van der Waals surface area (Å²) in [5, 5.41) is 9.63. The van der Waals surface area contributed by atoms with Crippen LogP contribution in [0.25, 0.3) is 0 Å². The molecule has 3 fully saturated rings. The lowest BCUT2D eigenvalue weighted by Gasteiger charge is -2.34. The molecule has 1 aliphatic carbocycles. The number of thiazole rings is 1. The molecule has 2 aliphatic heterocycles. The molecule has 5 rings (SSSR count). The van der Waals surface area contributed by atoms with E-state index in [9.17, 15) is 18.0 Å². The number of piperazine rings is 1. The van der Waals surface area contributed by atoms with Gasteiger partial charge in [-0.15, -0.1) is 11.3 Å². The number of amides is 2. The van der Waals surface area contributed by atoms with E-state index >= 15 is 0 Å². The topological polar surface area (TPSA) is 115 Å². The van der Waals surface area contributed by atoms with Crippen molar-refractivity contribution in [2.75, 3.05) is 44.6 Å². The fraction of sp³-hybridized carbons (Fsp3) is 0.538. The Bertz CT molecular complexity index is 1290. The van der Waals surface area contributed by atoms with Gasteiger partial charge in [0.25, 0.3) is 5.91 Å². The summed E-state index contributed by atoms with van der Waals surface area (Å²) in [6.07, 6.45) is 5.77. The summed E-state index contributed by atoms with van der Waals surface area (Å²) in [5.41, 5.74) is 0.816. The molecule has 1 aromatic carbocycles. The molecule has 3 aliphatic rings. The van der Waals surface area contributed by atoms with Crippen molar-refractivity contribution in [1.82, 2.24) is 19.8 Å². The molecule has 38 heavy (non-hydrogen) atoms. The highest BCUT2D eigenvalue weighted by Gasteiger charge is 2.37. The maximum Gasteiger partial charge on any atom is 0.278 e. The Balaban J connectivity index is 1.25. The van der Waals surface area contributed by atoms with Gasteiger partial charge in [0.1, 0.15) is 0 Å². The summed E-state index contributed by atoms with van der Waals surface area (Å²) >= 11 is 1.42. The maximum absolute atomic E-state index is 13.4. The molecule has 2 aromatic rings. The molecule has 2 saturated heterocycles. The van der Waals surface area contributed by atoms with Crippen molar-refractivity contribution in [3.05, 3.63) is 40.9 Å². The second-order valence-electron chi connectivity index (χ2n) is 9.97. The molecule has 1 aromatic heterocycles. The van der Waals surface area contributed by atoms with E-state index in [4.69, 9.17) is 0 Å². The van der Waals surface area contributed by atoms with E-state index in [0.717, 1.165) is 57.0 Å². The van der Waals surface area contributed by atoms with Crippen molar-refractivity contribution in [2.45, 2.75) is 55.7 Å². The molecule has 0 unspecified atom stereocenters. The lowest BCUT2D eigenvalue weighted by molar-refractivity contribution is -0.132. The van der Waals surface area contributed by atoms with Crippen molar-refractivity contribution < 1.29 is 18.0 Å². The first-order valence-electron chi connectivity index (χ1n) is 13.3. The zero-order valence-electron chi connectivity index (χ0n) is 21.6. The number of benzene rings is 1. The molecular formula is C26H34N6O4S2. The Labute approximate surface area is 227 Å². The number of hydrazone groups is 1. The van der Waals surface area contributed by atoms with Gasteiger partial charge >= 0.3 is 0 Å². The monoisotopic (exact) mass is 558 g/mol. The number of nitrogens with zero attached hydrogens (tertiary/aromatic N) is 5. The molecule has 12 heteroatoms. The van der Waals surface area contributed by atoms with Gasteiger partial charge in [-0.3, -0.25) is 24.8 Å². The van der Waals surface area contributed by atoms with Crippen LogP contribution in [0.4, 0.5) is 5.13 Å². The third kappa shape index (κ3) is 6.24. The minimum atomic E-state index is -3.30. The third-order valence-electron chi connectivity index (χ3n) is 7.14. The van der Waals surface area contributed by atoms with Crippen LogP contribution < -0.4 is 5.32 Å². The van der Waals surface area contributed by atoms with E-state index in [1.807, 2.05) is 16.8 Å². The van der Waals surface area contributed by atoms with Gasteiger partial charge < -0.3 is 4.90 Å². The SMILES string of the molecule is CCC(=O)N1CCN(Cc2cnc(NC(=O)/C(=N/N3CCCC3)c3ccc(S(=O)(=O)C4CC4)cc3)s2)CC1. The van der Waals surface area contributed by atoms with Crippen molar-refractivity contribution in [3.63, 3.8) is 0 Å². The number of sulfone groups is 1. The van der Waals surface area contributed by atoms with E-state index in [0.29, 0.717) is 36.5 Å². The van der Waals surface area contributed by atoms with E-state index < -0.39 is 9.84 Å². The Morgan fingerprint density at radius 3 is 2.37 bits per heavy atom. The predicted molar refractivity (Wildman–Crippen MR) is 147 cm³/mol. The number of aromatic nitrogens is 1. The zero-order valence-corrected chi connectivity index (χ0v) is 23.3. The molecule has 0 radical (unpaired) electrons. The lowest BCUT2D eigenvalue weighted by Crippen LogP contribution is -2.48. The Morgan fingerprint density at radius 1 is 1.05 bits per heavy atom. The van der Waals surface area contributed by atoms with E-state index in [2.05, 4.69) is 20.3 Å². The number of carbonyl (C=O) groups excluding carboxylic acids is 2. The van der Waals surface area contributed by atoms with Crippen LogP contribution in [-0.4, -0.2) is 90.3 Å². The van der Waals surface area contributed by atoms with Crippen LogP contribution in [0.1, 0.15) is 49.5 Å². The maximum atomic E-state index is 13.4. The summed E-state index contributed by atoms with van der Waals surface area (Å²) < 4.78 is 25.2. The number of hydrogen-bond donors (Lipinski definition) is 1. The smallest absolute Gasteiger partial charge is 0.278 e. The Kier molecular flexibility index (Phi) is 8.10. The van der Waals surface area contributed by atoms with Crippen LogP contribution in [0.5, 0.6) is 0 Å². The van der Waals surface area contributed by atoms with Crippen LogP contribution in [0.2, 0.25) is 0 Å². The van der Waals surface area contributed by atoms with Crippen molar-refractivity contribution in [3.8, 4) is 0 Å². The molecule has 3 heterocycles. The molecular weight excluding hydrogens is 524 g/mol. The largest absolute Gasteiger partial charge is 0.340 e. The average Bonchev–Trinajstić information content (AvgIpc) is 3.51. The average molecular weight is 559 g/mol. The molecule has 0 bridgehead atoms. The zero-order chi connectivity index (χ0) is 26.7. The summed E-state index contributed by atoms with van der Waals surface area (Å²) in [7, 11) is -3.30. The number of hydrogen-bond acceptors (Lipinski definition) is 9. The first kappa shape index (κ1) is 26.8. The van der Waals surface area contributed by atoms with Gasteiger partial charge in [-0.1, -0.05) is 19.1 Å². The van der Waals surface area contributed by atoms with Crippen molar-refractivity contribution in [1.29, 1.82) is 0 Å². The molecule has 10 nitrogen and oxygen atoms in total. The highest BCUT2D eigenvalue weighted by Crippen LogP contribution is 2.33. The van der Waals surface area contributed by atoms with Crippen molar-refractivity contribution >= 4 is 43.8 Å². The highest BCUT2D eigenvalue weighted by atomic mass is 32.2. The summed E-state index contributed by atoms with van der Waals surface area (Å²) in [6.45, 7) is 7.24. The fourth-order valence-electron chi connectivity index (χ4n) is 4.74. The second kappa shape index (κ2) is 11.5. The molecule has 0 atom stereocenters. The molecule has 0 spiro atoms. The number of carbonyl (C=O) groups is 2. The Morgan fingerprint density at radius 2 is 1.74 bits per heavy atom. The molecule has 2 amide bonds. The number of nitrogens with one attached hydrogen (secondary N) is 1. The van der Waals surface area contributed by atoms with Crippen LogP contribution in [0, 0.1) is 0 Å². The predicted octanol–water partition coefficient (Wildman–Crippen LogP) is 2.57. The van der Waals surface area contributed by atoms with E-state index in [1.165, 1.54) is 11.3 Å². The molecule has 1 N–H and O–H groups in total. The van der Waals surface area contributed by atoms with Gasteiger partial charge in [-0.2, -0.15) is 5.10 Å². The summed E-state index contributed by atoms with van der Waals surface area (Å²) in [5.74, 6) is -0.180. The molecule has 1 saturated carbocycles. The number of anilines is 1.